The summed E-state index contributed by atoms with van der Waals surface area (Å²) in [6, 6.07) is 7.39. The lowest BCUT2D eigenvalue weighted by Gasteiger charge is -2.17. The molecular formula is C23H26ClNO4. The van der Waals surface area contributed by atoms with Crippen LogP contribution >= 0.6 is 11.6 Å². The number of nitrogens with one attached hydrogen (secondary N) is 1. The highest BCUT2D eigenvalue weighted by Gasteiger charge is 2.24. The lowest BCUT2D eigenvalue weighted by atomic mass is 9.93. The third-order valence-corrected chi connectivity index (χ3v) is 5.61. The number of phenolic OH excluding ortho intramolecular Hbond substituents is 1. The SMILES string of the molecule is CCOC(=O)C(=O)Nc1cc(Cl)c(Cc2ccc(O)c(C(C)C)c2)c2c1CCC2. The van der Waals surface area contributed by atoms with Gasteiger partial charge in [-0.2, -0.15) is 0 Å². The Morgan fingerprint density at radius 2 is 1.93 bits per heavy atom. The van der Waals surface area contributed by atoms with Crippen molar-refractivity contribution in [1.82, 2.24) is 0 Å². The number of hydrogen-bond donors (Lipinski definition) is 2. The van der Waals surface area contributed by atoms with Crippen molar-refractivity contribution in [3.63, 3.8) is 0 Å². The standard InChI is InChI=1S/C23H26ClNO4/c1-4-29-23(28)22(27)25-20-12-19(24)18(15-6-5-7-16(15)20)11-14-8-9-21(26)17(10-14)13(2)3/h8-10,12-13,26H,4-7,11H2,1-3H3,(H,25,27). The number of carbonyl (C=O) groups is 2. The fraction of sp³-hybridized carbons (Fsp3) is 0.391. The Balaban J connectivity index is 1.92. The highest BCUT2D eigenvalue weighted by Crippen LogP contribution is 2.38. The molecule has 5 nitrogen and oxygen atoms in total. The summed E-state index contributed by atoms with van der Waals surface area (Å²) in [7, 11) is 0. The highest BCUT2D eigenvalue weighted by atomic mass is 35.5. The van der Waals surface area contributed by atoms with E-state index in [4.69, 9.17) is 16.3 Å². The molecule has 0 aromatic heterocycles. The highest BCUT2D eigenvalue weighted by molar-refractivity contribution is 6.37. The zero-order valence-corrected chi connectivity index (χ0v) is 17.7. The maximum atomic E-state index is 12.1. The van der Waals surface area contributed by atoms with Crippen molar-refractivity contribution in [2.75, 3.05) is 11.9 Å². The van der Waals surface area contributed by atoms with Gasteiger partial charge >= 0.3 is 11.9 Å². The first-order valence-corrected chi connectivity index (χ1v) is 10.3. The lowest BCUT2D eigenvalue weighted by molar-refractivity contribution is -0.152. The van der Waals surface area contributed by atoms with E-state index in [2.05, 4.69) is 5.32 Å². The smallest absolute Gasteiger partial charge is 0.397 e. The van der Waals surface area contributed by atoms with Gasteiger partial charge in [-0.25, -0.2) is 4.79 Å². The van der Waals surface area contributed by atoms with Crippen LogP contribution in [0.4, 0.5) is 5.69 Å². The number of halogens is 1. The van der Waals surface area contributed by atoms with E-state index < -0.39 is 11.9 Å². The largest absolute Gasteiger partial charge is 0.508 e. The zero-order chi connectivity index (χ0) is 21.1. The number of hydrogen-bond acceptors (Lipinski definition) is 4. The van der Waals surface area contributed by atoms with Crippen molar-refractivity contribution in [2.45, 2.75) is 52.4 Å². The van der Waals surface area contributed by atoms with Gasteiger partial charge in [0.05, 0.1) is 6.61 Å². The first-order valence-electron chi connectivity index (χ1n) is 9.94. The topological polar surface area (TPSA) is 75.6 Å². The Morgan fingerprint density at radius 3 is 2.62 bits per heavy atom. The van der Waals surface area contributed by atoms with E-state index in [9.17, 15) is 14.7 Å². The Hall–Kier alpha value is -2.53. The lowest BCUT2D eigenvalue weighted by Crippen LogP contribution is -2.25. The molecule has 3 rings (SSSR count). The molecule has 29 heavy (non-hydrogen) atoms. The molecule has 1 aliphatic rings. The summed E-state index contributed by atoms with van der Waals surface area (Å²) in [6.45, 7) is 5.90. The predicted octanol–water partition coefficient (Wildman–Crippen LogP) is 4.75. The van der Waals surface area contributed by atoms with E-state index in [1.807, 2.05) is 26.0 Å². The Kier molecular flexibility index (Phi) is 6.48. The number of anilines is 1. The van der Waals surface area contributed by atoms with Gasteiger partial charge in [0, 0.05) is 10.7 Å². The van der Waals surface area contributed by atoms with E-state index in [1.54, 1.807) is 19.1 Å². The molecule has 0 fully saturated rings. The van der Waals surface area contributed by atoms with E-state index in [1.165, 1.54) is 0 Å². The summed E-state index contributed by atoms with van der Waals surface area (Å²) in [6.07, 6.45) is 3.32. The number of rotatable bonds is 5. The van der Waals surface area contributed by atoms with Crippen molar-refractivity contribution in [1.29, 1.82) is 0 Å². The Morgan fingerprint density at radius 1 is 1.21 bits per heavy atom. The van der Waals surface area contributed by atoms with Gasteiger partial charge in [-0.15, -0.1) is 0 Å². The fourth-order valence-electron chi connectivity index (χ4n) is 3.87. The number of phenols is 1. The van der Waals surface area contributed by atoms with Crippen molar-refractivity contribution in [3.05, 3.63) is 57.1 Å². The number of carbonyl (C=O) groups excluding carboxylic acids is 2. The molecule has 6 heteroatoms. The number of benzene rings is 2. The predicted molar refractivity (Wildman–Crippen MR) is 114 cm³/mol. The minimum absolute atomic E-state index is 0.148. The number of aromatic hydroxyl groups is 1. The molecule has 0 unspecified atom stereocenters. The van der Waals surface area contributed by atoms with Crippen molar-refractivity contribution in [3.8, 4) is 5.75 Å². The van der Waals surface area contributed by atoms with E-state index in [-0.39, 0.29) is 12.5 Å². The van der Waals surface area contributed by atoms with Crippen LogP contribution in [-0.2, 0) is 33.6 Å². The molecule has 2 N–H and O–H groups in total. The van der Waals surface area contributed by atoms with Gasteiger partial charge in [0.1, 0.15) is 5.75 Å². The Labute approximate surface area is 176 Å². The molecule has 2 aromatic carbocycles. The maximum Gasteiger partial charge on any atom is 0.397 e. The van der Waals surface area contributed by atoms with Gasteiger partial charge in [0.25, 0.3) is 0 Å². The number of esters is 1. The zero-order valence-electron chi connectivity index (χ0n) is 17.0. The minimum Gasteiger partial charge on any atom is -0.508 e. The first kappa shape index (κ1) is 21.2. The van der Waals surface area contributed by atoms with Gasteiger partial charge in [-0.3, -0.25) is 4.79 Å². The van der Waals surface area contributed by atoms with Gasteiger partial charge < -0.3 is 15.2 Å². The molecule has 0 atom stereocenters. The van der Waals surface area contributed by atoms with Gasteiger partial charge in [0.2, 0.25) is 0 Å². The second-order valence-electron chi connectivity index (χ2n) is 7.59. The first-order chi connectivity index (χ1) is 13.8. The van der Waals surface area contributed by atoms with Crippen LogP contribution in [0.3, 0.4) is 0 Å². The van der Waals surface area contributed by atoms with E-state index in [0.29, 0.717) is 22.9 Å². The summed E-state index contributed by atoms with van der Waals surface area (Å²) < 4.78 is 4.76. The van der Waals surface area contributed by atoms with Crippen LogP contribution in [0, 0.1) is 0 Å². The second kappa shape index (κ2) is 8.87. The molecule has 0 spiro atoms. The molecule has 0 bridgehead atoms. The normalized spacial score (nSPS) is 12.7. The molecule has 1 amide bonds. The molecule has 2 aromatic rings. The van der Waals surface area contributed by atoms with Crippen molar-refractivity contribution < 1.29 is 19.4 Å². The second-order valence-corrected chi connectivity index (χ2v) is 8.00. The van der Waals surface area contributed by atoms with Crippen molar-refractivity contribution >= 4 is 29.2 Å². The summed E-state index contributed by atoms with van der Waals surface area (Å²) in [5, 5.41) is 13.3. The van der Waals surface area contributed by atoms with Crippen LogP contribution in [0.25, 0.3) is 0 Å². The third-order valence-electron chi connectivity index (χ3n) is 5.27. The maximum absolute atomic E-state index is 12.1. The van der Waals surface area contributed by atoms with Crippen LogP contribution in [0.15, 0.2) is 24.3 Å². The monoisotopic (exact) mass is 415 g/mol. The third kappa shape index (κ3) is 4.56. The van der Waals surface area contributed by atoms with Crippen molar-refractivity contribution in [2.24, 2.45) is 0 Å². The van der Waals surface area contributed by atoms with E-state index >= 15 is 0 Å². The van der Waals surface area contributed by atoms with Crippen LogP contribution < -0.4 is 5.32 Å². The molecule has 1 aliphatic carbocycles. The van der Waals surface area contributed by atoms with E-state index in [0.717, 1.165) is 47.1 Å². The molecule has 0 saturated heterocycles. The number of amides is 1. The summed E-state index contributed by atoms with van der Waals surface area (Å²) >= 11 is 6.60. The molecule has 0 aliphatic heterocycles. The average Bonchev–Trinajstić information content (AvgIpc) is 3.16. The summed E-state index contributed by atoms with van der Waals surface area (Å²) in [5.74, 6) is -1.16. The quantitative estimate of drug-likeness (QED) is 0.545. The van der Waals surface area contributed by atoms with Crippen LogP contribution in [0.2, 0.25) is 5.02 Å². The Bertz CT molecular complexity index is 952. The molecule has 154 valence electrons. The van der Waals surface area contributed by atoms with Crippen LogP contribution in [0.5, 0.6) is 5.75 Å². The summed E-state index contributed by atoms with van der Waals surface area (Å²) in [5.41, 5.74) is 5.77. The van der Waals surface area contributed by atoms with Gasteiger partial charge in [-0.1, -0.05) is 37.6 Å². The van der Waals surface area contributed by atoms with Gasteiger partial charge in [0.15, 0.2) is 0 Å². The molecule has 0 saturated carbocycles. The minimum atomic E-state index is -0.898. The molecule has 0 heterocycles. The van der Waals surface area contributed by atoms with Crippen LogP contribution in [0.1, 0.15) is 60.9 Å². The molecular weight excluding hydrogens is 390 g/mol. The number of ether oxygens (including phenoxy) is 1. The average molecular weight is 416 g/mol. The number of fused-ring (bicyclic) bond motifs is 1. The summed E-state index contributed by atoms with van der Waals surface area (Å²) in [4.78, 5) is 23.7. The fourth-order valence-corrected chi connectivity index (χ4v) is 4.16. The molecule has 0 radical (unpaired) electrons. The van der Waals surface area contributed by atoms with Gasteiger partial charge in [-0.05, 0) is 78.5 Å². The van der Waals surface area contributed by atoms with Crippen LogP contribution in [-0.4, -0.2) is 23.6 Å².